The zero-order chi connectivity index (χ0) is 12.3. The highest BCUT2D eigenvalue weighted by molar-refractivity contribution is 4.93. The first-order valence-corrected chi connectivity index (χ1v) is 7.82. The molecule has 0 aliphatic heterocycles. The van der Waals surface area contributed by atoms with E-state index in [9.17, 15) is 0 Å². The van der Waals surface area contributed by atoms with Crippen LogP contribution < -0.4 is 0 Å². The van der Waals surface area contributed by atoms with Gasteiger partial charge >= 0.3 is 0 Å². The van der Waals surface area contributed by atoms with Crippen molar-refractivity contribution in [3.63, 3.8) is 0 Å². The van der Waals surface area contributed by atoms with Crippen molar-refractivity contribution < 1.29 is 0 Å². The minimum Gasteiger partial charge on any atom is -0.303 e. The topological polar surface area (TPSA) is 3.24 Å². The molecule has 0 saturated heterocycles. The summed E-state index contributed by atoms with van der Waals surface area (Å²) in [4.78, 5) is 2.65. The Morgan fingerprint density at radius 1 is 1.12 bits per heavy atom. The van der Waals surface area contributed by atoms with Gasteiger partial charge in [0.25, 0.3) is 0 Å². The lowest BCUT2D eigenvalue weighted by atomic mass is 9.60. The van der Waals surface area contributed by atoms with Crippen LogP contribution in [0.25, 0.3) is 0 Å². The van der Waals surface area contributed by atoms with Crippen LogP contribution in [0.5, 0.6) is 0 Å². The molecule has 2 aliphatic rings. The van der Waals surface area contributed by atoms with Crippen molar-refractivity contribution in [2.75, 3.05) is 13.6 Å². The van der Waals surface area contributed by atoms with Gasteiger partial charge in [-0.25, -0.2) is 0 Å². The second-order valence-corrected chi connectivity index (χ2v) is 7.10. The lowest BCUT2D eigenvalue weighted by Crippen LogP contribution is -2.41. The second-order valence-electron chi connectivity index (χ2n) is 7.10. The van der Waals surface area contributed by atoms with Crippen LogP contribution in [0.15, 0.2) is 0 Å². The van der Waals surface area contributed by atoms with E-state index in [1.165, 1.54) is 64.3 Å². The van der Waals surface area contributed by atoms with Gasteiger partial charge < -0.3 is 4.90 Å². The van der Waals surface area contributed by atoms with Crippen LogP contribution in [0.3, 0.4) is 0 Å². The van der Waals surface area contributed by atoms with Crippen LogP contribution in [0.1, 0.15) is 71.6 Å². The molecular formula is C16H31N. The monoisotopic (exact) mass is 237 g/mol. The highest BCUT2D eigenvalue weighted by Crippen LogP contribution is 2.51. The van der Waals surface area contributed by atoms with Gasteiger partial charge in [-0.05, 0) is 76.3 Å². The molecule has 0 aromatic heterocycles. The maximum Gasteiger partial charge on any atom is 0.00926 e. The maximum absolute atomic E-state index is 2.65. The number of nitrogens with zero attached hydrogens (tertiary/aromatic N) is 1. The Morgan fingerprint density at radius 2 is 1.76 bits per heavy atom. The van der Waals surface area contributed by atoms with Crippen LogP contribution in [-0.2, 0) is 0 Å². The summed E-state index contributed by atoms with van der Waals surface area (Å²) in [5, 5.41) is 0. The third-order valence-corrected chi connectivity index (χ3v) is 5.35. The molecule has 100 valence electrons. The number of hydrogen-bond acceptors (Lipinski definition) is 1. The van der Waals surface area contributed by atoms with Crippen LogP contribution >= 0.6 is 0 Å². The summed E-state index contributed by atoms with van der Waals surface area (Å²) in [6, 6.07) is 0.897. The molecule has 2 fully saturated rings. The fourth-order valence-electron chi connectivity index (χ4n) is 3.76. The van der Waals surface area contributed by atoms with E-state index in [0.29, 0.717) is 0 Å². The van der Waals surface area contributed by atoms with Gasteiger partial charge in [0, 0.05) is 6.04 Å². The molecule has 0 N–H and O–H groups in total. The molecule has 0 atom stereocenters. The van der Waals surface area contributed by atoms with E-state index in [4.69, 9.17) is 0 Å². The van der Waals surface area contributed by atoms with Crippen molar-refractivity contribution in [1.29, 1.82) is 0 Å². The third kappa shape index (κ3) is 3.47. The van der Waals surface area contributed by atoms with Crippen molar-refractivity contribution in [2.45, 2.75) is 77.7 Å². The van der Waals surface area contributed by atoms with Gasteiger partial charge in [0.15, 0.2) is 0 Å². The zero-order valence-corrected chi connectivity index (χ0v) is 12.2. The lowest BCUT2D eigenvalue weighted by molar-refractivity contribution is 0.0374. The molecular weight excluding hydrogens is 206 g/mol. The van der Waals surface area contributed by atoms with Crippen molar-refractivity contribution in [3.05, 3.63) is 0 Å². The van der Waals surface area contributed by atoms with E-state index >= 15 is 0 Å². The fourth-order valence-corrected chi connectivity index (χ4v) is 3.76. The van der Waals surface area contributed by atoms with Crippen LogP contribution in [0.4, 0.5) is 0 Å². The molecule has 0 unspecified atom stereocenters. The Kier molecular flexibility index (Phi) is 4.52. The predicted molar refractivity (Wildman–Crippen MR) is 75.2 cm³/mol. The zero-order valence-electron chi connectivity index (χ0n) is 12.2. The van der Waals surface area contributed by atoms with Gasteiger partial charge in [0.1, 0.15) is 0 Å². The van der Waals surface area contributed by atoms with Gasteiger partial charge in [-0.15, -0.1) is 0 Å². The summed E-state index contributed by atoms with van der Waals surface area (Å²) in [6.45, 7) is 5.98. The lowest BCUT2D eigenvalue weighted by Gasteiger charge is -2.48. The molecule has 0 aromatic rings. The molecule has 0 aromatic carbocycles. The summed E-state index contributed by atoms with van der Waals surface area (Å²) in [6.07, 6.45) is 13.3. The number of hydrogen-bond donors (Lipinski definition) is 0. The molecule has 0 heterocycles. The molecule has 1 spiro atoms. The van der Waals surface area contributed by atoms with E-state index < -0.39 is 0 Å². The average molecular weight is 237 g/mol. The summed E-state index contributed by atoms with van der Waals surface area (Å²) in [7, 11) is 2.35. The fraction of sp³-hybridized carbons (Fsp3) is 1.00. The van der Waals surface area contributed by atoms with Gasteiger partial charge in [0.2, 0.25) is 0 Å². The Morgan fingerprint density at radius 3 is 2.24 bits per heavy atom. The van der Waals surface area contributed by atoms with Crippen LogP contribution in [0.2, 0.25) is 0 Å². The van der Waals surface area contributed by atoms with Crippen LogP contribution in [0, 0.1) is 11.3 Å². The molecule has 0 bridgehead atoms. The molecule has 2 rings (SSSR count). The molecule has 0 radical (unpaired) electrons. The predicted octanol–water partition coefficient (Wildman–Crippen LogP) is 4.47. The second kappa shape index (κ2) is 5.73. The molecule has 17 heavy (non-hydrogen) atoms. The normalized spacial score (nSPS) is 24.5. The minimum atomic E-state index is 0.829. The summed E-state index contributed by atoms with van der Waals surface area (Å²) in [5.41, 5.74) is 0.829. The van der Waals surface area contributed by atoms with Gasteiger partial charge in [0.05, 0.1) is 0 Å². The Bertz CT molecular complexity index is 220. The smallest absolute Gasteiger partial charge is 0.00926 e. The highest BCUT2D eigenvalue weighted by Gasteiger charge is 2.40. The Hall–Kier alpha value is -0.0400. The van der Waals surface area contributed by atoms with Crippen molar-refractivity contribution in [3.8, 4) is 0 Å². The van der Waals surface area contributed by atoms with Crippen molar-refractivity contribution in [2.24, 2.45) is 11.3 Å². The standard InChI is InChI=1S/C16H31N/c1-14(2)6-4-13-17(3)15-7-11-16(12-8-15)9-5-10-16/h14-15H,4-13H2,1-3H3. The first-order chi connectivity index (χ1) is 8.11. The Labute approximate surface area is 108 Å². The average Bonchev–Trinajstić information content (AvgIpc) is 2.26. The molecule has 1 nitrogen and oxygen atoms in total. The van der Waals surface area contributed by atoms with Crippen molar-refractivity contribution in [1.82, 2.24) is 4.90 Å². The van der Waals surface area contributed by atoms with Gasteiger partial charge in [-0.2, -0.15) is 0 Å². The SMILES string of the molecule is CC(C)CCCN(C)C1CCC2(CCC2)CC1. The third-order valence-electron chi connectivity index (χ3n) is 5.35. The van der Waals surface area contributed by atoms with E-state index in [0.717, 1.165) is 17.4 Å². The molecule has 0 amide bonds. The maximum atomic E-state index is 2.65. The van der Waals surface area contributed by atoms with E-state index in [-0.39, 0.29) is 0 Å². The number of rotatable bonds is 5. The summed E-state index contributed by atoms with van der Waals surface area (Å²) < 4.78 is 0. The van der Waals surface area contributed by atoms with Gasteiger partial charge in [-0.3, -0.25) is 0 Å². The summed E-state index contributed by atoms with van der Waals surface area (Å²) in [5.74, 6) is 0.869. The van der Waals surface area contributed by atoms with E-state index in [1.54, 1.807) is 0 Å². The highest BCUT2D eigenvalue weighted by atomic mass is 15.1. The minimum absolute atomic E-state index is 0.829. The Balaban J connectivity index is 1.65. The van der Waals surface area contributed by atoms with Gasteiger partial charge in [-0.1, -0.05) is 20.3 Å². The molecule has 2 aliphatic carbocycles. The quantitative estimate of drug-likeness (QED) is 0.682. The van der Waals surface area contributed by atoms with Crippen molar-refractivity contribution >= 4 is 0 Å². The van der Waals surface area contributed by atoms with E-state index in [1.807, 2.05) is 0 Å². The summed E-state index contributed by atoms with van der Waals surface area (Å²) >= 11 is 0. The molecule has 1 heteroatoms. The first-order valence-electron chi connectivity index (χ1n) is 7.82. The van der Waals surface area contributed by atoms with E-state index in [2.05, 4.69) is 25.8 Å². The molecule has 2 saturated carbocycles. The largest absolute Gasteiger partial charge is 0.303 e. The first kappa shape index (κ1) is 13.4. The van der Waals surface area contributed by atoms with Crippen LogP contribution in [-0.4, -0.2) is 24.5 Å².